The molecule has 0 aromatic heterocycles. The van der Waals surface area contributed by atoms with Crippen molar-refractivity contribution in [2.45, 2.75) is 63.2 Å². The van der Waals surface area contributed by atoms with E-state index in [2.05, 4.69) is 0 Å². The zero-order chi connectivity index (χ0) is 13.8. The summed E-state index contributed by atoms with van der Waals surface area (Å²) in [5.41, 5.74) is 0. The molecule has 0 bridgehead atoms. The Morgan fingerprint density at radius 1 is 1.37 bits per heavy atom. The van der Waals surface area contributed by atoms with Gasteiger partial charge in [0, 0.05) is 12.8 Å². The maximum absolute atomic E-state index is 11.8. The number of rotatable bonds is 2. The van der Waals surface area contributed by atoms with Gasteiger partial charge in [0.15, 0.2) is 12.0 Å². The maximum Gasteiger partial charge on any atom is 0.226 e. The molecule has 0 aromatic rings. The molecule has 1 amide bonds. The number of hydrogen-bond donors (Lipinski definition) is 2. The van der Waals surface area contributed by atoms with Crippen LogP contribution in [0.3, 0.4) is 0 Å². The zero-order valence-electron chi connectivity index (χ0n) is 11.0. The molecule has 3 heterocycles. The third-order valence-electron chi connectivity index (χ3n) is 3.80. The number of hydrogen-bond acceptors (Lipinski definition) is 6. The molecular formula is C12H19NO6. The molecule has 0 saturated carbocycles. The second-order valence-electron chi connectivity index (χ2n) is 5.63. The number of likely N-dealkylation sites (tertiary alicyclic amines) is 1. The van der Waals surface area contributed by atoms with Crippen LogP contribution in [0.2, 0.25) is 0 Å². The first kappa shape index (κ1) is 13.3. The molecule has 7 nitrogen and oxygen atoms in total. The molecule has 3 saturated heterocycles. The number of fused-ring (bicyclic) bond motifs is 1. The fourth-order valence-corrected chi connectivity index (χ4v) is 3.03. The van der Waals surface area contributed by atoms with Gasteiger partial charge < -0.3 is 24.4 Å². The van der Waals surface area contributed by atoms with Crippen LogP contribution in [0.25, 0.3) is 0 Å². The molecule has 3 aliphatic rings. The number of amides is 1. The van der Waals surface area contributed by atoms with E-state index in [0.29, 0.717) is 12.8 Å². The molecule has 108 valence electrons. The summed E-state index contributed by atoms with van der Waals surface area (Å²) in [5, 5.41) is 19.2. The van der Waals surface area contributed by atoms with Crippen LogP contribution in [0.5, 0.6) is 0 Å². The smallest absolute Gasteiger partial charge is 0.226 e. The lowest BCUT2D eigenvalue weighted by atomic mass is 10.1. The molecule has 0 aliphatic carbocycles. The van der Waals surface area contributed by atoms with Crippen LogP contribution in [0, 0.1) is 0 Å². The molecular weight excluding hydrogens is 254 g/mol. The summed E-state index contributed by atoms with van der Waals surface area (Å²) in [7, 11) is 0. The van der Waals surface area contributed by atoms with Gasteiger partial charge in [-0.2, -0.15) is 0 Å². The van der Waals surface area contributed by atoms with E-state index in [1.165, 1.54) is 4.90 Å². The highest BCUT2D eigenvalue weighted by Crippen LogP contribution is 2.41. The average Bonchev–Trinajstić information content (AvgIpc) is 2.91. The van der Waals surface area contributed by atoms with E-state index in [4.69, 9.17) is 14.2 Å². The van der Waals surface area contributed by atoms with Crippen LogP contribution >= 0.6 is 0 Å². The third-order valence-corrected chi connectivity index (χ3v) is 3.80. The maximum atomic E-state index is 11.8. The van der Waals surface area contributed by atoms with Gasteiger partial charge >= 0.3 is 0 Å². The Bertz CT molecular complexity index is 386. The normalized spacial score (nSPS) is 44.9. The Balaban J connectivity index is 1.84. The van der Waals surface area contributed by atoms with Crippen LogP contribution in [0.1, 0.15) is 26.7 Å². The summed E-state index contributed by atoms with van der Waals surface area (Å²) in [5.74, 6) is -0.943. The van der Waals surface area contributed by atoms with Gasteiger partial charge in [0.2, 0.25) is 5.91 Å². The SMILES string of the molecule is CC1(C)OC2C(CO)OC(N3C(=O)CCC3O)C2O1. The van der Waals surface area contributed by atoms with E-state index in [1.807, 2.05) is 0 Å². The molecule has 0 radical (unpaired) electrons. The number of carbonyl (C=O) groups is 1. The number of ether oxygens (including phenoxy) is 3. The Morgan fingerprint density at radius 3 is 2.63 bits per heavy atom. The lowest BCUT2D eigenvalue weighted by Crippen LogP contribution is -2.48. The van der Waals surface area contributed by atoms with Crippen LogP contribution < -0.4 is 0 Å². The lowest BCUT2D eigenvalue weighted by Gasteiger charge is -2.31. The molecule has 5 atom stereocenters. The van der Waals surface area contributed by atoms with Crippen molar-refractivity contribution in [3.8, 4) is 0 Å². The van der Waals surface area contributed by atoms with Crippen LogP contribution in [0.4, 0.5) is 0 Å². The standard InChI is InChI=1S/C12H19NO6/c1-12(2)18-9-6(5-14)17-11(10(9)19-12)13-7(15)3-4-8(13)16/h6-7,9-11,14-15H,3-5H2,1-2H3. The second-order valence-corrected chi connectivity index (χ2v) is 5.63. The first-order valence-electron chi connectivity index (χ1n) is 6.54. The Kier molecular flexibility index (Phi) is 3.06. The quantitative estimate of drug-likeness (QED) is 0.682. The zero-order valence-corrected chi connectivity index (χ0v) is 11.0. The van der Waals surface area contributed by atoms with E-state index in [9.17, 15) is 15.0 Å². The molecule has 3 rings (SSSR count). The number of nitrogens with zero attached hydrogens (tertiary/aromatic N) is 1. The highest BCUT2D eigenvalue weighted by Gasteiger charge is 2.58. The van der Waals surface area contributed by atoms with Gasteiger partial charge in [-0.1, -0.05) is 0 Å². The number of carbonyl (C=O) groups excluding carboxylic acids is 1. The average molecular weight is 273 g/mol. The van der Waals surface area contributed by atoms with Crippen LogP contribution in [-0.4, -0.2) is 64.2 Å². The summed E-state index contributed by atoms with van der Waals surface area (Å²) in [6.07, 6.45) is -2.32. The predicted octanol–water partition coefficient (Wildman–Crippen LogP) is -0.836. The minimum atomic E-state index is -0.858. The van der Waals surface area contributed by atoms with E-state index >= 15 is 0 Å². The molecule has 19 heavy (non-hydrogen) atoms. The molecule has 0 spiro atoms. The Morgan fingerprint density at radius 2 is 2.05 bits per heavy atom. The first-order valence-corrected chi connectivity index (χ1v) is 6.54. The fourth-order valence-electron chi connectivity index (χ4n) is 3.03. The first-order chi connectivity index (χ1) is 8.93. The van der Waals surface area contributed by atoms with Crippen molar-refractivity contribution < 1.29 is 29.2 Å². The van der Waals surface area contributed by atoms with Gasteiger partial charge in [-0.25, -0.2) is 0 Å². The topological polar surface area (TPSA) is 88.5 Å². The molecule has 7 heteroatoms. The molecule has 3 aliphatic heterocycles. The van der Waals surface area contributed by atoms with Gasteiger partial charge in [0.25, 0.3) is 0 Å². The van der Waals surface area contributed by atoms with Gasteiger partial charge in [0.05, 0.1) is 6.61 Å². The van der Waals surface area contributed by atoms with Crippen molar-refractivity contribution in [2.24, 2.45) is 0 Å². The predicted molar refractivity (Wildman–Crippen MR) is 61.7 cm³/mol. The highest BCUT2D eigenvalue weighted by atomic mass is 16.8. The third kappa shape index (κ3) is 2.05. The minimum Gasteiger partial charge on any atom is -0.394 e. The van der Waals surface area contributed by atoms with Crippen molar-refractivity contribution in [2.75, 3.05) is 6.61 Å². The van der Waals surface area contributed by atoms with Crippen molar-refractivity contribution in [3.05, 3.63) is 0 Å². The van der Waals surface area contributed by atoms with E-state index in [1.54, 1.807) is 13.8 Å². The summed E-state index contributed by atoms with van der Waals surface area (Å²) in [4.78, 5) is 13.1. The summed E-state index contributed by atoms with van der Waals surface area (Å²) < 4.78 is 17.1. The van der Waals surface area contributed by atoms with Gasteiger partial charge in [-0.05, 0) is 13.8 Å². The van der Waals surface area contributed by atoms with E-state index in [-0.39, 0.29) is 12.5 Å². The fraction of sp³-hybridized carbons (Fsp3) is 0.917. The molecule has 0 aromatic carbocycles. The van der Waals surface area contributed by atoms with Crippen molar-refractivity contribution in [3.63, 3.8) is 0 Å². The van der Waals surface area contributed by atoms with E-state index < -0.39 is 36.6 Å². The van der Waals surface area contributed by atoms with Crippen molar-refractivity contribution in [1.29, 1.82) is 0 Å². The van der Waals surface area contributed by atoms with Gasteiger partial charge in [-0.15, -0.1) is 0 Å². The van der Waals surface area contributed by atoms with Crippen molar-refractivity contribution >= 4 is 5.91 Å². The van der Waals surface area contributed by atoms with Crippen LogP contribution in [0.15, 0.2) is 0 Å². The van der Waals surface area contributed by atoms with Gasteiger partial charge in [0.1, 0.15) is 24.5 Å². The number of aliphatic hydroxyl groups is 2. The Hall–Kier alpha value is -0.730. The number of aliphatic hydroxyl groups excluding tert-OH is 2. The van der Waals surface area contributed by atoms with Crippen LogP contribution in [-0.2, 0) is 19.0 Å². The summed E-state index contributed by atoms with van der Waals surface area (Å²) in [6.45, 7) is 3.34. The van der Waals surface area contributed by atoms with E-state index in [0.717, 1.165) is 0 Å². The second kappa shape index (κ2) is 4.39. The van der Waals surface area contributed by atoms with Gasteiger partial charge in [-0.3, -0.25) is 9.69 Å². The molecule has 2 N–H and O–H groups in total. The van der Waals surface area contributed by atoms with Crippen molar-refractivity contribution in [1.82, 2.24) is 4.90 Å². The molecule has 5 unspecified atom stereocenters. The summed E-state index contributed by atoms with van der Waals surface area (Å²) >= 11 is 0. The largest absolute Gasteiger partial charge is 0.394 e. The lowest BCUT2D eigenvalue weighted by molar-refractivity contribution is -0.219. The minimum absolute atomic E-state index is 0.164. The molecule has 3 fully saturated rings. The monoisotopic (exact) mass is 273 g/mol. The summed E-state index contributed by atoms with van der Waals surface area (Å²) in [6, 6.07) is 0. The Labute approximate surface area is 111 Å². The highest BCUT2D eigenvalue weighted by molar-refractivity contribution is 5.78.